The smallest absolute Gasteiger partial charge is 0.330 e. The van der Waals surface area contributed by atoms with Crippen LogP contribution in [0.15, 0.2) is 93.2 Å². The summed E-state index contributed by atoms with van der Waals surface area (Å²) < 4.78 is 10.1. The second-order valence-electron chi connectivity index (χ2n) is 7.20. The fourth-order valence-electron chi connectivity index (χ4n) is 3.67. The molecule has 0 unspecified atom stereocenters. The molecule has 0 aliphatic heterocycles. The lowest BCUT2D eigenvalue weighted by Gasteiger charge is -2.18. The molecule has 0 aromatic carbocycles. The van der Waals surface area contributed by atoms with Gasteiger partial charge in [0.05, 0.1) is 13.2 Å². The van der Waals surface area contributed by atoms with Crippen LogP contribution in [0.2, 0.25) is 0 Å². The molecule has 0 saturated heterocycles. The second-order valence-corrected chi connectivity index (χ2v) is 7.20. The molecule has 0 saturated carbocycles. The molecule has 158 valence electrons. The van der Waals surface area contributed by atoms with Gasteiger partial charge in [0.2, 0.25) is 0 Å². The van der Waals surface area contributed by atoms with Crippen LogP contribution in [0, 0.1) is 0 Å². The summed E-state index contributed by atoms with van der Waals surface area (Å²) in [4.78, 5) is 23.9. The number of carbonyl (C=O) groups is 2. The molecule has 4 nitrogen and oxygen atoms in total. The molecular weight excluding hydrogens is 376 g/mol. The molecular formula is C26H30O4. The Labute approximate surface area is 179 Å². The molecule has 0 heterocycles. The zero-order chi connectivity index (χ0) is 22.3. The first-order valence-corrected chi connectivity index (χ1v) is 10.2. The second kappa shape index (κ2) is 10.6. The van der Waals surface area contributed by atoms with E-state index < -0.39 is 11.9 Å². The molecule has 30 heavy (non-hydrogen) atoms. The van der Waals surface area contributed by atoms with Gasteiger partial charge < -0.3 is 9.47 Å². The number of rotatable bonds is 6. The van der Waals surface area contributed by atoms with Crippen LogP contribution in [-0.4, -0.2) is 25.2 Å². The molecule has 2 aliphatic rings. The first kappa shape index (κ1) is 23.1. The minimum atomic E-state index is -0.403. The van der Waals surface area contributed by atoms with Gasteiger partial charge >= 0.3 is 11.9 Å². The van der Waals surface area contributed by atoms with Crippen LogP contribution in [0.25, 0.3) is 0 Å². The first-order chi connectivity index (χ1) is 14.3. The standard InChI is InChI=1S/C26H30O4/c1-7-29-23(27)13-11-21-10-9-18(4)25-19(5)15-17(3)16-20(6)26(25)22(21)12-14-24(28)30-8-2/h9-16H,7-8H2,1-6H3/b13-11+,14-12+. The van der Waals surface area contributed by atoms with Crippen molar-refractivity contribution in [2.24, 2.45) is 0 Å². The van der Waals surface area contributed by atoms with Gasteiger partial charge in [-0.15, -0.1) is 0 Å². The Morgan fingerprint density at radius 2 is 1.40 bits per heavy atom. The highest BCUT2D eigenvalue weighted by Crippen LogP contribution is 2.39. The largest absolute Gasteiger partial charge is 0.463 e. The van der Waals surface area contributed by atoms with Crippen LogP contribution < -0.4 is 0 Å². The average molecular weight is 407 g/mol. The minimum Gasteiger partial charge on any atom is -0.463 e. The SMILES string of the molecule is CCOC(=O)/C=C/C1=CC=C(C)C2=C(C)C=C(C)C=C(C)C2=C1/C=C/C(=O)OCC. The number of carbonyl (C=O) groups excluding carboxylic acids is 2. The van der Waals surface area contributed by atoms with Gasteiger partial charge in [-0.3, -0.25) is 0 Å². The fraction of sp³-hybridized carbons (Fsp3) is 0.308. The number of hydrogen-bond acceptors (Lipinski definition) is 4. The lowest BCUT2D eigenvalue weighted by molar-refractivity contribution is -0.138. The topological polar surface area (TPSA) is 52.6 Å². The van der Waals surface area contributed by atoms with Gasteiger partial charge in [0.25, 0.3) is 0 Å². The highest BCUT2D eigenvalue weighted by atomic mass is 16.5. The van der Waals surface area contributed by atoms with Gasteiger partial charge in [-0.1, -0.05) is 29.9 Å². The van der Waals surface area contributed by atoms with Crippen molar-refractivity contribution in [1.82, 2.24) is 0 Å². The highest BCUT2D eigenvalue weighted by Gasteiger charge is 2.21. The Kier molecular flexibility index (Phi) is 8.16. The summed E-state index contributed by atoms with van der Waals surface area (Å²) in [6, 6.07) is 0. The number of ether oxygens (including phenoxy) is 2. The van der Waals surface area contributed by atoms with Gasteiger partial charge in [-0.2, -0.15) is 0 Å². The van der Waals surface area contributed by atoms with Gasteiger partial charge in [0.15, 0.2) is 0 Å². The van der Waals surface area contributed by atoms with Gasteiger partial charge in [0, 0.05) is 12.2 Å². The molecule has 0 amide bonds. The third kappa shape index (κ3) is 5.69. The number of hydrogen-bond donors (Lipinski definition) is 0. The third-order valence-electron chi connectivity index (χ3n) is 4.77. The van der Waals surface area contributed by atoms with Crippen LogP contribution >= 0.6 is 0 Å². The molecule has 0 aromatic heterocycles. The van der Waals surface area contributed by atoms with E-state index in [-0.39, 0.29) is 0 Å². The van der Waals surface area contributed by atoms with E-state index in [0.717, 1.165) is 44.6 Å². The maximum Gasteiger partial charge on any atom is 0.330 e. The average Bonchev–Trinajstić information content (AvgIpc) is 2.88. The van der Waals surface area contributed by atoms with E-state index in [4.69, 9.17) is 9.47 Å². The van der Waals surface area contributed by atoms with E-state index in [1.165, 1.54) is 12.2 Å². The van der Waals surface area contributed by atoms with E-state index in [2.05, 4.69) is 39.8 Å². The predicted octanol–water partition coefficient (Wildman–Crippen LogP) is 5.63. The molecule has 2 aliphatic carbocycles. The van der Waals surface area contributed by atoms with Crippen molar-refractivity contribution >= 4 is 11.9 Å². The molecule has 0 aromatic rings. The van der Waals surface area contributed by atoms with Gasteiger partial charge in [-0.05, 0) is 92.7 Å². The summed E-state index contributed by atoms with van der Waals surface area (Å²) in [6.45, 7) is 12.5. The Hall–Kier alpha value is -3.14. The van der Waals surface area contributed by atoms with Crippen molar-refractivity contribution < 1.29 is 19.1 Å². The van der Waals surface area contributed by atoms with E-state index in [1.807, 2.05) is 12.2 Å². The number of esters is 2. The van der Waals surface area contributed by atoms with Gasteiger partial charge in [0.1, 0.15) is 0 Å². The van der Waals surface area contributed by atoms with Crippen molar-refractivity contribution in [3.8, 4) is 0 Å². The van der Waals surface area contributed by atoms with E-state index >= 15 is 0 Å². The number of allylic oxidation sites excluding steroid dienone is 14. The zero-order valence-corrected chi connectivity index (χ0v) is 18.7. The lowest BCUT2D eigenvalue weighted by atomic mass is 9.86. The van der Waals surface area contributed by atoms with Crippen molar-refractivity contribution in [3.63, 3.8) is 0 Å². The Balaban J connectivity index is 2.74. The predicted molar refractivity (Wildman–Crippen MR) is 121 cm³/mol. The molecule has 0 spiro atoms. The molecule has 2 rings (SSSR count). The van der Waals surface area contributed by atoms with Crippen LogP contribution in [-0.2, 0) is 19.1 Å². The summed E-state index contributed by atoms with van der Waals surface area (Å²) in [5.74, 6) is -0.806. The zero-order valence-electron chi connectivity index (χ0n) is 18.7. The summed E-state index contributed by atoms with van der Waals surface area (Å²) in [7, 11) is 0. The third-order valence-corrected chi connectivity index (χ3v) is 4.77. The van der Waals surface area contributed by atoms with Crippen LogP contribution in [0.1, 0.15) is 41.5 Å². The highest BCUT2D eigenvalue weighted by molar-refractivity contribution is 5.85. The summed E-state index contributed by atoms with van der Waals surface area (Å²) in [6.07, 6.45) is 14.6. The monoisotopic (exact) mass is 406 g/mol. The minimum absolute atomic E-state index is 0.313. The van der Waals surface area contributed by atoms with E-state index in [1.54, 1.807) is 26.0 Å². The quantitative estimate of drug-likeness (QED) is 0.424. The molecule has 0 radical (unpaired) electrons. The van der Waals surface area contributed by atoms with Crippen molar-refractivity contribution in [1.29, 1.82) is 0 Å². The Bertz CT molecular complexity index is 973. The summed E-state index contributed by atoms with van der Waals surface area (Å²) in [5, 5.41) is 0. The molecule has 0 bridgehead atoms. The van der Waals surface area contributed by atoms with Crippen molar-refractivity contribution in [2.45, 2.75) is 41.5 Å². The van der Waals surface area contributed by atoms with Crippen LogP contribution in [0.5, 0.6) is 0 Å². The van der Waals surface area contributed by atoms with Crippen molar-refractivity contribution in [2.75, 3.05) is 13.2 Å². The fourth-order valence-corrected chi connectivity index (χ4v) is 3.67. The summed E-state index contributed by atoms with van der Waals surface area (Å²) in [5.41, 5.74) is 8.33. The Morgan fingerprint density at radius 3 is 2.00 bits per heavy atom. The van der Waals surface area contributed by atoms with E-state index in [9.17, 15) is 9.59 Å². The van der Waals surface area contributed by atoms with Crippen molar-refractivity contribution in [3.05, 3.63) is 93.2 Å². The molecule has 4 heteroatoms. The molecule has 0 N–H and O–H groups in total. The van der Waals surface area contributed by atoms with E-state index in [0.29, 0.717) is 13.2 Å². The molecule has 0 fully saturated rings. The molecule has 0 atom stereocenters. The van der Waals surface area contributed by atoms with Crippen LogP contribution in [0.4, 0.5) is 0 Å². The Morgan fingerprint density at radius 1 is 0.800 bits per heavy atom. The maximum atomic E-state index is 12.0. The lowest BCUT2D eigenvalue weighted by Crippen LogP contribution is -2.03. The number of fused-ring (bicyclic) bond motifs is 1. The first-order valence-electron chi connectivity index (χ1n) is 10.2. The van der Waals surface area contributed by atoms with Gasteiger partial charge in [-0.25, -0.2) is 9.59 Å². The maximum absolute atomic E-state index is 12.0. The summed E-state index contributed by atoms with van der Waals surface area (Å²) >= 11 is 0. The van der Waals surface area contributed by atoms with Crippen LogP contribution in [0.3, 0.4) is 0 Å². The normalized spacial score (nSPS) is 17.1.